The van der Waals surface area contributed by atoms with Crippen molar-refractivity contribution in [2.45, 2.75) is 6.04 Å². The minimum absolute atomic E-state index is 0.289. The third-order valence-electron chi connectivity index (χ3n) is 2.38. The van der Waals surface area contributed by atoms with E-state index >= 15 is 0 Å². The van der Waals surface area contributed by atoms with Crippen molar-refractivity contribution in [2.24, 2.45) is 0 Å². The first kappa shape index (κ1) is 9.26. The molecule has 0 bridgehead atoms. The Kier molecular flexibility index (Phi) is 2.83. The fourth-order valence-electron chi connectivity index (χ4n) is 1.62. The maximum Gasteiger partial charge on any atom is 0.0662 e. The van der Waals surface area contributed by atoms with Gasteiger partial charge in [0.05, 0.1) is 19.3 Å². The molecule has 2 rings (SSSR count). The summed E-state index contributed by atoms with van der Waals surface area (Å²) in [5.41, 5.74) is 2.13. The summed E-state index contributed by atoms with van der Waals surface area (Å²) in [5.74, 6) is 2.64. The Balaban J connectivity index is 2.18. The molecule has 1 aliphatic rings. The van der Waals surface area contributed by atoms with Crippen LogP contribution in [0.15, 0.2) is 24.3 Å². The summed E-state index contributed by atoms with van der Waals surface area (Å²) in [6.45, 7) is 2.43. The summed E-state index contributed by atoms with van der Waals surface area (Å²) in [6.07, 6.45) is 5.35. The van der Waals surface area contributed by atoms with Gasteiger partial charge in [0.15, 0.2) is 0 Å². The zero-order valence-corrected chi connectivity index (χ0v) is 7.99. The molecule has 1 atom stereocenters. The zero-order valence-electron chi connectivity index (χ0n) is 7.99. The molecule has 0 aromatic heterocycles. The summed E-state index contributed by atoms with van der Waals surface area (Å²) in [4.78, 5) is 0. The van der Waals surface area contributed by atoms with E-state index in [1.54, 1.807) is 0 Å². The number of ether oxygens (including phenoxy) is 1. The van der Waals surface area contributed by atoms with Gasteiger partial charge in [-0.3, -0.25) is 0 Å². The van der Waals surface area contributed by atoms with Gasteiger partial charge in [-0.25, -0.2) is 0 Å². The highest BCUT2D eigenvalue weighted by molar-refractivity contribution is 5.36. The predicted octanol–water partition coefficient (Wildman–Crippen LogP) is 1.33. The smallest absolute Gasteiger partial charge is 0.0662 e. The van der Waals surface area contributed by atoms with Crippen molar-refractivity contribution < 1.29 is 4.74 Å². The third kappa shape index (κ3) is 1.95. The second-order valence-corrected chi connectivity index (χ2v) is 3.35. The Morgan fingerprint density at radius 3 is 3.14 bits per heavy atom. The van der Waals surface area contributed by atoms with Crippen LogP contribution in [0.2, 0.25) is 0 Å². The van der Waals surface area contributed by atoms with Crippen molar-refractivity contribution >= 4 is 0 Å². The Labute approximate surface area is 84.3 Å². The van der Waals surface area contributed by atoms with Crippen molar-refractivity contribution in [3.8, 4) is 12.3 Å². The van der Waals surface area contributed by atoms with Crippen LogP contribution in [0.5, 0.6) is 0 Å². The molecule has 14 heavy (non-hydrogen) atoms. The Hall–Kier alpha value is -1.30. The van der Waals surface area contributed by atoms with E-state index < -0.39 is 0 Å². The van der Waals surface area contributed by atoms with Crippen LogP contribution in [0.25, 0.3) is 0 Å². The van der Waals surface area contributed by atoms with Crippen molar-refractivity contribution in [1.29, 1.82) is 0 Å². The van der Waals surface area contributed by atoms with Gasteiger partial charge in [0.1, 0.15) is 0 Å². The number of morpholine rings is 1. The number of benzene rings is 1. The Morgan fingerprint density at radius 1 is 1.50 bits per heavy atom. The van der Waals surface area contributed by atoms with E-state index in [2.05, 4.69) is 17.3 Å². The van der Waals surface area contributed by atoms with Gasteiger partial charge in [-0.15, -0.1) is 6.42 Å². The second kappa shape index (κ2) is 4.28. The Morgan fingerprint density at radius 2 is 2.43 bits per heavy atom. The SMILES string of the molecule is C#Cc1cccc([C@@H]2COCCN2)c1. The molecule has 1 heterocycles. The fourth-order valence-corrected chi connectivity index (χ4v) is 1.62. The van der Waals surface area contributed by atoms with E-state index in [0.29, 0.717) is 0 Å². The molecule has 1 N–H and O–H groups in total. The Bertz CT molecular complexity index is 348. The van der Waals surface area contributed by atoms with Gasteiger partial charge in [0.2, 0.25) is 0 Å². The van der Waals surface area contributed by atoms with Crippen molar-refractivity contribution in [2.75, 3.05) is 19.8 Å². The largest absolute Gasteiger partial charge is 0.378 e. The summed E-state index contributed by atoms with van der Waals surface area (Å²) < 4.78 is 5.40. The van der Waals surface area contributed by atoms with Crippen LogP contribution in [0.3, 0.4) is 0 Å². The highest BCUT2D eigenvalue weighted by Gasteiger charge is 2.14. The summed E-state index contributed by atoms with van der Waals surface area (Å²) in [7, 11) is 0. The van der Waals surface area contributed by atoms with Crippen molar-refractivity contribution in [3.63, 3.8) is 0 Å². The zero-order chi connectivity index (χ0) is 9.80. The quantitative estimate of drug-likeness (QED) is 0.670. The number of hydrogen-bond donors (Lipinski definition) is 1. The molecule has 1 aromatic carbocycles. The topological polar surface area (TPSA) is 21.3 Å². The molecule has 0 radical (unpaired) electrons. The van der Waals surface area contributed by atoms with E-state index in [9.17, 15) is 0 Å². The van der Waals surface area contributed by atoms with Crippen LogP contribution in [0.4, 0.5) is 0 Å². The number of nitrogens with one attached hydrogen (secondary N) is 1. The minimum Gasteiger partial charge on any atom is -0.378 e. The lowest BCUT2D eigenvalue weighted by atomic mass is 10.0. The number of hydrogen-bond acceptors (Lipinski definition) is 2. The number of terminal acetylenes is 1. The fraction of sp³-hybridized carbons (Fsp3) is 0.333. The van der Waals surface area contributed by atoms with Crippen LogP contribution in [-0.4, -0.2) is 19.8 Å². The van der Waals surface area contributed by atoms with Gasteiger partial charge in [0, 0.05) is 12.1 Å². The van der Waals surface area contributed by atoms with Crippen molar-refractivity contribution in [1.82, 2.24) is 5.32 Å². The summed E-state index contributed by atoms with van der Waals surface area (Å²) in [5, 5.41) is 3.39. The first-order valence-electron chi connectivity index (χ1n) is 4.78. The predicted molar refractivity (Wildman–Crippen MR) is 55.9 cm³/mol. The molecule has 1 fully saturated rings. The molecular formula is C12H13NO. The van der Waals surface area contributed by atoms with Gasteiger partial charge >= 0.3 is 0 Å². The van der Waals surface area contributed by atoms with Crippen LogP contribution in [-0.2, 0) is 4.74 Å². The molecule has 0 amide bonds. The van der Waals surface area contributed by atoms with Gasteiger partial charge in [0.25, 0.3) is 0 Å². The first-order valence-corrected chi connectivity index (χ1v) is 4.78. The molecule has 1 saturated heterocycles. The van der Waals surface area contributed by atoms with Gasteiger partial charge in [-0.2, -0.15) is 0 Å². The molecule has 0 unspecified atom stereocenters. The average Bonchev–Trinajstić information content (AvgIpc) is 2.30. The maximum atomic E-state index is 5.40. The molecule has 2 nitrogen and oxygen atoms in total. The maximum absolute atomic E-state index is 5.40. The number of rotatable bonds is 1. The molecule has 1 aliphatic heterocycles. The van der Waals surface area contributed by atoms with Crippen LogP contribution >= 0.6 is 0 Å². The lowest BCUT2D eigenvalue weighted by Gasteiger charge is -2.24. The standard InChI is InChI=1S/C12H13NO/c1-2-10-4-3-5-11(8-10)12-9-14-7-6-13-12/h1,3-5,8,12-13H,6-7,9H2/t12-/m0/s1. The van der Waals surface area contributed by atoms with Gasteiger partial charge in [-0.05, 0) is 17.7 Å². The van der Waals surface area contributed by atoms with Crippen LogP contribution < -0.4 is 5.32 Å². The van der Waals surface area contributed by atoms with E-state index in [-0.39, 0.29) is 6.04 Å². The highest BCUT2D eigenvalue weighted by Crippen LogP contribution is 2.16. The highest BCUT2D eigenvalue weighted by atomic mass is 16.5. The van der Waals surface area contributed by atoms with E-state index in [0.717, 1.165) is 25.3 Å². The lowest BCUT2D eigenvalue weighted by Crippen LogP contribution is -2.34. The molecule has 72 valence electrons. The summed E-state index contributed by atoms with van der Waals surface area (Å²) in [6, 6.07) is 8.32. The van der Waals surface area contributed by atoms with Gasteiger partial charge in [-0.1, -0.05) is 18.1 Å². The monoisotopic (exact) mass is 187 g/mol. The van der Waals surface area contributed by atoms with Gasteiger partial charge < -0.3 is 10.1 Å². The first-order chi connectivity index (χ1) is 6.90. The van der Waals surface area contributed by atoms with Crippen LogP contribution in [0.1, 0.15) is 17.2 Å². The molecule has 0 aliphatic carbocycles. The molecule has 0 saturated carbocycles. The van der Waals surface area contributed by atoms with E-state index in [4.69, 9.17) is 11.2 Å². The average molecular weight is 187 g/mol. The normalized spacial score (nSPS) is 21.5. The van der Waals surface area contributed by atoms with E-state index in [1.165, 1.54) is 5.56 Å². The minimum atomic E-state index is 0.289. The summed E-state index contributed by atoms with van der Waals surface area (Å²) >= 11 is 0. The molecule has 0 spiro atoms. The molecular weight excluding hydrogens is 174 g/mol. The van der Waals surface area contributed by atoms with E-state index in [1.807, 2.05) is 18.2 Å². The van der Waals surface area contributed by atoms with Crippen LogP contribution in [0, 0.1) is 12.3 Å². The lowest BCUT2D eigenvalue weighted by molar-refractivity contribution is 0.0769. The third-order valence-corrected chi connectivity index (χ3v) is 2.38. The molecule has 2 heteroatoms. The second-order valence-electron chi connectivity index (χ2n) is 3.35. The molecule has 1 aromatic rings. The van der Waals surface area contributed by atoms with Crippen molar-refractivity contribution in [3.05, 3.63) is 35.4 Å².